The molecule has 0 heterocycles. The molecule has 0 saturated carbocycles. The van der Waals surface area contributed by atoms with Crippen LogP contribution in [0.3, 0.4) is 0 Å². The second-order valence-corrected chi connectivity index (χ2v) is 4.34. The van der Waals surface area contributed by atoms with Gasteiger partial charge in [0, 0.05) is 16.5 Å². The lowest BCUT2D eigenvalue weighted by atomic mass is 10.1. The highest BCUT2D eigenvalue weighted by Gasteiger charge is 2.03. The Labute approximate surface area is 105 Å². The van der Waals surface area contributed by atoms with Crippen LogP contribution < -0.4 is 0 Å². The summed E-state index contributed by atoms with van der Waals surface area (Å²) in [5.74, 6) is 0. The van der Waals surface area contributed by atoms with Crippen molar-refractivity contribution >= 4 is 40.5 Å². The third kappa shape index (κ3) is 4.37. The predicted molar refractivity (Wildman–Crippen MR) is 69.0 cm³/mol. The van der Waals surface area contributed by atoms with Gasteiger partial charge in [-0.05, 0) is 43.3 Å². The Kier molecular flexibility index (Phi) is 5.37. The van der Waals surface area contributed by atoms with Crippen molar-refractivity contribution in [3.05, 3.63) is 33.8 Å². The first-order valence-corrected chi connectivity index (χ1v) is 5.89. The molecule has 0 unspecified atom stereocenters. The zero-order valence-corrected chi connectivity index (χ0v) is 10.8. The summed E-state index contributed by atoms with van der Waals surface area (Å²) in [4.78, 5) is 0. The van der Waals surface area contributed by atoms with E-state index in [-0.39, 0.29) is 0 Å². The predicted octanol–water partition coefficient (Wildman–Crippen LogP) is 4.29. The largest absolute Gasteiger partial charge is 0.487 e. The van der Waals surface area contributed by atoms with Crippen molar-refractivity contribution in [2.24, 2.45) is 0 Å². The second-order valence-electron chi connectivity index (χ2n) is 3.04. The van der Waals surface area contributed by atoms with E-state index in [1.807, 2.05) is 19.1 Å². The minimum atomic E-state index is 0.618. The van der Waals surface area contributed by atoms with E-state index < -0.39 is 0 Å². The highest BCUT2D eigenvalue weighted by molar-refractivity contribution is 7.80. The summed E-state index contributed by atoms with van der Waals surface area (Å²) in [6.07, 6.45) is 1.50. The molecule has 0 aromatic heterocycles. The fourth-order valence-corrected chi connectivity index (χ4v) is 1.92. The highest BCUT2D eigenvalue weighted by atomic mass is 35.5. The first kappa shape index (κ1) is 12.8. The third-order valence-corrected chi connectivity index (χ3v) is 2.83. The van der Waals surface area contributed by atoms with Crippen molar-refractivity contribution in [1.29, 1.82) is 0 Å². The molecule has 0 bridgehead atoms. The molecule has 1 nitrogen and oxygen atoms in total. The quantitative estimate of drug-likeness (QED) is 0.749. The molecule has 0 saturated heterocycles. The fourth-order valence-electron chi connectivity index (χ4n) is 1.19. The van der Waals surface area contributed by atoms with E-state index in [9.17, 15) is 0 Å². The van der Waals surface area contributed by atoms with Crippen molar-refractivity contribution in [2.75, 3.05) is 6.61 Å². The molecule has 0 radical (unpaired) electrons. The van der Waals surface area contributed by atoms with Crippen LogP contribution in [-0.4, -0.2) is 11.7 Å². The Morgan fingerprint density at radius 2 is 2.13 bits per heavy atom. The number of benzene rings is 1. The average Bonchev–Trinajstić information content (AvgIpc) is 2.17. The van der Waals surface area contributed by atoms with Gasteiger partial charge in [0.15, 0.2) is 5.05 Å². The van der Waals surface area contributed by atoms with E-state index in [0.717, 1.165) is 12.0 Å². The summed E-state index contributed by atoms with van der Waals surface area (Å²) in [5, 5.41) is 1.96. The summed E-state index contributed by atoms with van der Waals surface area (Å²) in [5.41, 5.74) is 1.04. The van der Waals surface area contributed by atoms with Crippen molar-refractivity contribution in [1.82, 2.24) is 0 Å². The van der Waals surface area contributed by atoms with Gasteiger partial charge in [-0.15, -0.1) is 0 Å². The molecule has 4 heteroatoms. The molecular weight excluding hydrogens is 251 g/mol. The summed E-state index contributed by atoms with van der Waals surface area (Å²) in [6, 6.07) is 5.48. The van der Waals surface area contributed by atoms with Crippen molar-refractivity contribution < 1.29 is 4.74 Å². The van der Waals surface area contributed by atoms with Gasteiger partial charge in [0.25, 0.3) is 0 Å². The highest BCUT2D eigenvalue weighted by Crippen LogP contribution is 2.22. The van der Waals surface area contributed by atoms with Gasteiger partial charge in [-0.25, -0.2) is 0 Å². The lowest BCUT2D eigenvalue weighted by molar-refractivity contribution is 0.327. The summed E-state index contributed by atoms with van der Waals surface area (Å²) < 4.78 is 5.19. The van der Waals surface area contributed by atoms with Gasteiger partial charge in [-0.1, -0.05) is 29.3 Å². The SMILES string of the molecule is CCOC(=S)CCc1ccc(Cl)cc1Cl. The van der Waals surface area contributed by atoms with E-state index >= 15 is 0 Å². The van der Waals surface area contributed by atoms with Crippen LogP contribution in [0.25, 0.3) is 0 Å². The summed E-state index contributed by atoms with van der Waals surface area (Å²) in [7, 11) is 0. The van der Waals surface area contributed by atoms with Crippen LogP contribution in [-0.2, 0) is 11.2 Å². The lowest BCUT2D eigenvalue weighted by Crippen LogP contribution is -2.02. The monoisotopic (exact) mass is 262 g/mol. The van der Waals surface area contributed by atoms with Gasteiger partial charge in [0.2, 0.25) is 0 Å². The van der Waals surface area contributed by atoms with Gasteiger partial charge in [0.1, 0.15) is 0 Å². The Hall–Kier alpha value is -0.310. The first-order valence-electron chi connectivity index (χ1n) is 4.73. The molecule has 0 amide bonds. The Morgan fingerprint density at radius 1 is 1.40 bits per heavy atom. The molecule has 1 rings (SSSR count). The molecule has 82 valence electrons. The van der Waals surface area contributed by atoms with Crippen LogP contribution in [0.5, 0.6) is 0 Å². The molecular formula is C11H12Cl2OS. The van der Waals surface area contributed by atoms with Crippen molar-refractivity contribution in [3.8, 4) is 0 Å². The number of thiocarbonyl (C=S) groups is 1. The third-order valence-electron chi connectivity index (χ3n) is 1.92. The van der Waals surface area contributed by atoms with Gasteiger partial charge in [-0.2, -0.15) is 0 Å². The minimum absolute atomic E-state index is 0.618. The van der Waals surface area contributed by atoms with Gasteiger partial charge in [0.05, 0.1) is 6.61 Å². The van der Waals surface area contributed by atoms with Crippen LogP contribution in [0.1, 0.15) is 18.9 Å². The van der Waals surface area contributed by atoms with Crippen LogP contribution in [0.2, 0.25) is 10.0 Å². The molecule has 0 N–H and O–H groups in total. The number of hydrogen-bond acceptors (Lipinski definition) is 2. The van der Waals surface area contributed by atoms with E-state index in [0.29, 0.717) is 28.1 Å². The number of hydrogen-bond donors (Lipinski definition) is 0. The number of ether oxygens (including phenoxy) is 1. The normalized spacial score (nSPS) is 10.1. The number of aryl methyl sites for hydroxylation is 1. The number of rotatable bonds is 4. The smallest absolute Gasteiger partial charge is 0.159 e. The van der Waals surface area contributed by atoms with E-state index in [4.69, 9.17) is 40.2 Å². The van der Waals surface area contributed by atoms with Crippen LogP contribution in [0.4, 0.5) is 0 Å². The molecule has 0 spiro atoms. The van der Waals surface area contributed by atoms with E-state index in [2.05, 4.69) is 0 Å². The fraction of sp³-hybridized carbons (Fsp3) is 0.364. The standard InChI is InChI=1S/C11H12Cl2OS/c1-2-14-11(15)6-4-8-3-5-9(12)7-10(8)13/h3,5,7H,2,4,6H2,1H3. The minimum Gasteiger partial charge on any atom is -0.487 e. The Morgan fingerprint density at radius 3 is 2.73 bits per heavy atom. The Balaban J connectivity index is 2.54. The molecule has 15 heavy (non-hydrogen) atoms. The van der Waals surface area contributed by atoms with Gasteiger partial charge >= 0.3 is 0 Å². The molecule has 0 atom stereocenters. The maximum absolute atomic E-state index is 6.02. The molecule has 0 aliphatic heterocycles. The maximum atomic E-state index is 6.02. The molecule has 1 aromatic carbocycles. The zero-order chi connectivity index (χ0) is 11.3. The second kappa shape index (κ2) is 6.31. The zero-order valence-electron chi connectivity index (χ0n) is 8.43. The molecule has 1 aromatic rings. The van der Waals surface area contributed by atoms with Crippen LogP contribution >= 0.6 is 35.4 Å². The van der Waals surface area contributed by atoms with E-state index in [1.165, 1.54) is 0 Å². The van der Waals surface area contributed by atoms with Gasteiger partial charge < -0.3 is 4.74 Å². The number of halogens is 2. The summed E-state index contributed by atoms with van der Waals surface area (Å²) in [6.45, 7) is 2.54. The van der Waals surface area contributed by atoms with E-state index in [1.54, 1.807) is 6.07 Å². The van der Waals surface area contributed by atoms with Crippen molar-refractivity contribution in [3.63, 3.8) is 0 Å². The Bertz CT molecular complexity index is 352. The van der Waals surface area contributed by atoms with Crippen LogP contribution in [0, 0.1) is 0 Å². The maximum Gasteiger partial charge on any atom is 0.159 e. The van der Waals surface area contributed by atoms with Gasteiger partial charge in [-0.3, -0.25) is 0 Å². The molecule has 0 aliphatic rings. The lowest BCUT2D eigenvalue weighted by Gasteiger charge is -2.06. The molecule has 0 aliphatic carbocycles. The topological polar surface area (TPSA) is 9.23 Å². The molecule has 0 fully saturated rings. The average molecular weight is 263 g/mol. The van der Waals surface area contributed by atoms with Crippen molar-refractivity contribution in [2.45, 2.75) is 19.8 Å². The van der Waals surface area contributed by atoms with Crippen LogP contribution in [0.15, 0.2) is 18.2 Å². The first-order chi connectivity index (χ1) is 7.13. The summed E-state index contributed by atoms with van der Waals surface area (Å²) >= 11 is 16.8.